The quantitative estimate of drug-likeness (QED) is 0.727. The van der Waals surface area contributed by atoms with Crippen LogP contribution in [0.1, 0.15) is 35.7 Å². The maximum absolute atomic E-state index is 9.05. The Morgan fingerprint density at radius 3 is 2.62 bits per heavy atom. The summed E-state index contributed by atoms with van der Waals surface area (Å²) in [4.78, 5) is 2.45. The van der Waals surface area contributed by atoms with Crippen LogP contribution in [-0.4, -0.2) is 32.8 Å². The van der Waals surface area contributed by atoms with Gasteiger partial charge in [0, 0.05) is 18.2 Å². The molecule has 0 saturated carbocycles. The zero-order valence-electron chi connectivity index (χ0n) is 14.6. The molecule has 0 spiro atoms. The Morgan fingerprint density at radius 2 is 1.85 bits per heavy atom. The summed E-state index contributed by atoms with van der Waals surface area (Å²) in [5.74, 6) is 1.49. The van der Waals surface area contributed by atoms with E-state index in [9.17, 15) is 0 Å². The largest absolute Gasteiger partial charge is 0.299 e. The summed E-state index contributed by atoms with van der Waals surface area (Å²) in [5.41, 5.74) is 3.05. The van der Waals surface area contributed by atoms with E-state index >= 15 is 0 Å². The number of nitriles is 1. The molecule has 0 radical (unpaired) electrons. The van der Waals surface area contributed by atoms with Gasteiger partial charge >= 0.3 is 0 Å². The van der Waals surface area contributed by atoms with Crippen LogP contribution in [0.25, 0.3) is 5.69 Å². The van der Waals surface area contributed by atoms with E-state index in [0.29, 0.717) is 5.92 Å². The number of benzene rings is 2. The number of likely N-dealkylation sites (tertiary alicyclic amines) is 1. The highest BCUT2D eigenvalue weighted by Crippen LogP contribution is 2.28. The molecule has 0 aliphatic carbocycles. The molecule has 1 aliphatic rings. The van der Waals surface area contributed by atoms with E-state index in [4.69, 9.17) is 5.26 Å². The number of hydrogen-bond donors (Lipinski definition) is 0. The molecule has 26 heavy (non-hydrogen) atoms. The molecule has 0 unspecified atom stereocenters. The second-order valence-corrected chi connectivity index (χ2v) is 6.76. The second kappa shape index (κ2) is 7.51. The highest BCUT2D eigenvalue weighted by atomic mass is 15.3. The summed E-state index contributed by atoms with van der Waals surface area (Å²) in [7, 11) is 0. The molecule has 1 aliphatic heterocycles. The highest BCUT2D eigenvalue weighted by Gasteiger charge is 2.25. The van der Waals surface area contributed by atoms with Crippen LogP contribution in [0.2, 0.25) is 0 Å². The molecule has 2 aromatic carbocycles. The average Bonchev–Trinajstić information content (AvgIpc) is 3.19. The van der Waals surface area contributed by atoms with Gasteiger partial charge in [0.1, 0.15) is 12.2 Å². The SMILES string of the molecule is N#Cc1cccc(CN2CCC(c3nncn3-c3ccccc3)CC2)c1. The predicted molar refractivity (Wildman–Crippen MR) is 99.8 cm³/mol. The van der Waals surface area contributed by atoms with Crippen molar-refractivity contribution in [1.82, 2.24) is 19.7 Å². The Balaban J connectivity index is 1.42. The van der Waals surface area contributed by atoms with Crippen molar-refractivity contribution in [3.05, 3.63) is 77.9 Å². The van der Waals surface area contributed by atoms with Crippen molar-refractivity contribution in [2.75, 3.05) is 13.1 Å². The number of hydrogen-bond acceptors (Lipinski definition) is 4. The van der Waals surface area contributed by atoms with E-state index in [-0.39, 0.29) is 0 Å². The molecule has 4 rings (SSSR count). The van der Waals surface area contributed by atoms with Gasteiger partial charge in [0.05, 0.1) is 11.6 Å². The first kappa shape index (κ1) is 16.5. The van der Waals surface area contributed by atoms with Gasteiger partial charge in [0.15, 0.2) is 0 Å². The fraction of sp³-hybridized carbons (Fsp3) is 0.286. The van der Waals surface area contributed by atoms with E-state index in [1.54, 1.807) is 0 Å². The maximum Gasteiger partial charge on any atom is 0.140 e. The van der Waals surface area contributed by atoms with Gasteiger partial charge in [-0.2, -0.15) is 5.26 Å². The molecule has 130 valence electrons. The number of para-hydroxylation sites is 1. The molecule has 1 aromatic heterocycles. The van der Waals surface area contributed by atoms with Crippen LogP contribution in [0.4, 0.5) is 0 Å². The predicted octanol–water partition coefficient (Wildman–Crippen LogP) is 3.52. The van der Waals surface area contributed by atoms with E-state index < -0.39 is 0 Å². The zero-order valence-corrected chi connectivity index (χ0v) is 14.6. The normalized spacial score (nSPS) is 15.7. The van der Waals surface area contributed by atoms with Crippen LogP contribution in [-0.2, 0) is 6.54 Å². The lowest BCUT2D eigenvalue weighted by molar-refractivity contribution is 0.201. The fourth-order valence-corrected chi connectivity index (χ4v) is 3.66. The third-order valence-electron chi connectivity index (χ3n) is 5.02. The van der Waals surface area contributed by atoms with Crippen molar-refractivity contribution in [2.24, 2.45) is 0 Å². The highest BCUT2D eigenvalue weighted by molar-refractivity contribution is 5.33. The summed E-state index contributed by atoms with van der Waals surface area (Å²) in [6, 6.07) is 20.4. The molecule has 0 bridgehead atoms. The van der Waals surface area contributed by atoms with Crippen LogP contribution in [0.3, 0.4) is 0 Å². The monoisotopic (exact) mass is 343 g/mol. The summed E-state index contributed by atoms with van der Waals surface area (Å²) in [6.45, 7) is 2.96. The van der Waals surface area contributed by atoms with Gasteiger partial charge in [-0.15, -0.1) is 10.2 Å². The molecular weight excluding hydrogens is 322 g/mol. The van der Waals surface area contributed by atoms with Crippen molar-refractivity contribution < 1.29 is 0 Å². The first-order chi connectivity index (χ1) is 12.8. The molecule has 1 fully saturated rings. The lowest BCUT2D eigenvalue weighted by atomic mass is 9.95. The van der Waals surface area contributed by atoms with Crippen LogP contribution in [0.15, 0.2) is 60.9 Å². The van der Waals surface area contributed by atoms with Crippen molar-refractivity contribution in [2.45, 2.75) is 25.3 Å². The first-order valence-corrected chi connectivity index (χ1v) is 9.00. The average molecular weight is 343 g/mol. The molecule has 1 saturated heterocycles. The molecular formula is C21H21N5. The van der Waals surface area contributed by atoms with E-state index in [1.165, 1.54) is 5.56 Å². The molecule has 0 N–H and O–H groups in total. The van der Waals surface area contributed by atoms with Gasteiger partial charge in [-0.1, -0.05) is 30.3 Å². The second-order valence-electron chi connectivity index (χ2n) is 6.76. The third kappa shape index (κ3) is 3.51. The maximum atomic E-state index is 9.05. The first-order valence-electron chi connectivity index (χ1n) is 9.00. The standard InChI is InChI=1S/C21H21N5/c22-14-17-5-4-6-18(13-17)15-25-11-9-19(10-12-25)21-24-23-16-26(21)20-7-2-1-3-8-20/h1-8,13,16,19H,9-12,15H2. The molecule has 3 aromatic rings. The van der Waals surface area contributed by atoms with Crippen molar-refractivity contribution in [1.29, 1.82) is 5.26 Å². The Labute approximate surface area is 153 Å². The van der Waals surface area contributed by atoms with E-state index in [1.807, 2.05) is 42.7 Å². The number of piperidine rings is 1. The van der Waals surface area contributed by atoms with Crippen molar-refractivity contribution >= 4 is 0 Å². The number of nitrogens with zero attached hydrogens (tertiary/aromatic N) is 5. The van der Waals surface area contributed by atoms with E-state index in [0.717, 1.165) is 49.6 Å². The van der Waals surface area contributed by atoms with Gasteiger partial charge < -0.3 is 0 Å². The smallest absolute Gasteiger partial charge is 0.140 e. The minimum absolute atomic E-state index is 0.430. The van der Waals surface area contributed by atoms with Crippen molar-refractivity contribution in [3.63, 3.8) is 0 Å². The lowest BCUT2D eigenvalue weighted by Crippen LogP contribution is -2.33. The lowest BCUT2D eigenvalue weighted by Gasteiger charge is -2.31. The van der Waals surface area contributed by atoms with Crippen LogP contribution < -0.4 is 0 Å². The van der Waals surface area contributed by atoms with Crippen LogP contribution in [0, 0.1) is 11.3 Å². The Hall–Kier alpha value is -2.97. The fourth-order valence-electron chi connectivity index (χ4n) is 3.66. The van der Waals surface area contributed by atoms with E-state index in [2.05, 4.69) is 43.9 Å². The zero-order chi connectivity index (χ0) is 17.8. The van der Waals surface area contributed by atoms with Crippen LogP contribution in [0.5, 0.6) is 0 Å². The summed E-state index contributed by atoms with van der Waals surface area (Å²) < 4.78 is 2.11. The molecule has 2 heterocycles. The van der Waals surface area contributed by atoms with Crippen molar-refractivity contribution in [3.8, 4) is 11.8 Å². The van der Waals surface area contributed by atoms with Crippen LogP contribution >= 0.6 is 0 Å². The molecule has 5 heteroatoms. The van der Waals surface area contributed by atoms with Gasteiger partial charge in [-0.25, -0.2) is 0 Å². The van der Waals surface area contributed by atoms with Gasteiger partial charge in [-0.3, -0.25) is 9.47 Å². The Morgan fingerprint density at radius 1 is 1.04 bits per heavy atom. The molecule has 0 atom stereocenters. The molecule has 5 nitrogen and oxygen atoms in total. The number of rotatable bonds is 4. The molecule has 0 amide bonds. The summed E-state index contributed by atoms with van der Waals surface area (Å²) in [6.07, 6.45) is 3.96. The summed E-state index contributed by atoms with van der Waals surface area (Å²) in [5, 5.41) is 17.6. The Kier molecular flexibility index (Phi) is 4.76. The van der Waals surface area contributed by atoms with Gasteiger partial charge in [-0.05, 0) is 55.8 Å². The minimum atomic E-state index is 0.430. The topological polar surface area (TPSA) is 57.7 Å². The van der Waals surface area contributed by atoms with Gasteiger partial charge in [0.25, 0.3) is 0 Å². The summed E-state index contributed by atoms with van der Waals surface area (Å²) >= 11 is 0. The third-order valence-corrected chi connectivity index (χ3v) is 5.02. The minimum Gasteiger partial charge on any atom is -0.299 e. The van der Waals surface area contributed by atoms with Gasteiger partial charge in [0.2, 0.25) is 0 Å². The number of aromatic nitrogens is 3. The Bertz CT molecular complexity index is 901.